The minimum absolute atomic E-state index is 0.263. The van der Waals surface area contributed by atoms with Gasteiger partial charge in [-0.05, 0) is 50.4 Å². The predicted molar refractivity (Wildman–Crippen MR) is 94.2 cm³/mol. The van der Waals surface area contributed by atoms with E-state index in [0.29, 0.717) is 15.5 Å². The number of amides is 2. The summed E-state index contributed by atoms with van der Waals surface area (Å²) in [5.41, 5.74) is 2.39. The van der Waals surface area contributed by atoms with E-state index in [1.165, 1.54) is 22.4 Å². The van der Waals surface area contributed by atoms with Crippen molar-refractivity contribution < 1.29 is 9.59 Å². The molecule has 0 unspecified atom stereocenters. The van der Waals surface area contributed by atoms with E-state index >= 15 is 0 Å². The lowest BCUT2D eigenvalue weighted by Gasteiger charge is -2.35. The lowest BCUT2D eigenvalue weighted by atomic mass is 10.1. The summed E-state index contributed by atoms with van der Waals surface area (Å²) >= 11 is 13.1. The second-order valence-corrected chi connectivity index (χ2v) is 7.62. The number of halogens is 2. The third kappa shape index (κ3) is 4.25. The van der Waals surface area contributed by atoms with Crippen LogP contribution >= 0.6 is 34.5 Å². The molecule has 2 aromatic rings. The minimum atomic E-state index is -0.590. The van der Waals surface area contributed by atoms with Crippen molar-refractivity contribution in [1.82, 2.24) is 10.4 Å². The van der Waals surface area contributed by atoms with Crippen molar-refractivity contribution in [3.05, 3.63) is 56.2 Å². The van der Waals surface area contributed by atoms with Gasteiger partial charge in [0.2, 0.25) is 0 Å². The molecule has 0 aliphatic carbocycles. The van der Waals surface area contributed by atoms with E-state index in [0.717, 1.165) is 0 Å². The molecule has 2 amide bonds. The molecule has 0 saturated carbocycles. The Morgan fingerprint density at radius 3 is 2.35 bits per heavy atom. The van der Waals surface area contributed by atoms with E-state index in [2.05, 4.69) is 5.43 Å². The van der Waals surface area contributed by atoms with Gasteiger partial charge in [-0.15, -0.1) is 11.3 Å². The molecule has 0 aliphatic rings. The Morgan fingerprint density at radius 1 is 1.13 bits per heavy atom. The molecule has 0 saturated heterocycles. The number of hydrazine groups is 1. The molecule has 2 rings (SSSR count). The molecule has 122 valence electrons. The standard InChI is InChI=1S/C16H16Cl2N2O2S/c1-16(2,3)20(15(22)13-5-4-8-23-13)19-14(21)10-6-7-11(17)12(18)9-10/h4-9H,1-3H3,(H,19,21). The van der Waals surface area contributed by atoms with Crippen LogP contribution in [0.1, 0.15) is 40.8 Å². The first-order valence-electron chi connectivity index (χ1n) is 6.84. The fourth-order valence-electron chi connectivity index (χ4n) is 1.84. The summed E-state index contributed by atoms with van der Waals surface area (Å²) in [6, 6.07) is 8.08. The van der Waals surface area contributed by atoms with Gasteiger partial charge < -0.3 is 0 Å². The topological polar surface area (TPSA) is 49.4 Å². The molecule has 1 N–H and O–H groups in total. The average Bonchev–Trinajstić information content (AvgIpc) is 2.99. The molecule has 1 aromatic carbocycles. The zero-order valence-corrected chi connectivity index (χ0v) is 15.2. The number of hydrogen-bond acceptors (Lipinski definition) is 3. The van der Waals surface area contributed by atoms with Gasteiger partial charge in [0.1, 0.15) is 0 Å². The molecule has 0 spiro atoms. The van der Waals surface area contributed by atoms with Crippen LogP contribution in [0.4, 0.5) is 0 Å². The third-order valence-electron chi connectivity index (χ3n) is 3.00. The molecule has 4 nitrogen and oxygen atoms in total. The van der Waals surface area contributed by atoms with Gasteiger partial charge in [-0.1, -0.05) is 29.3 Å². The SMILES string of the molecule is CC(C)(C)N(NC(=O)c1ccc(Cl)c(Cl)c1)C(=O)c1cccs1. The molecule has 1 aromatic heterocycles. The van der Waals surface area contributed by atoms with Gasteiger partial charge in [0.05, 0.1) is 20.5 Å². The highest BCUT2D eigenvalue weighted by molar-refractivity contribution is 7.12. The molecule has 7 heteroatoms. The lowest BCUT2D eigenvalue weighted by Crippen LogP contribution is -2.55. The molecule has 1 heterocycles. The van der Waals surface area contributed by atoms with Gasteiger partial charge in [0, 0.05) is 5.56 Å². The van der Waals surface area contributed by atoms with Gasteiger partial charge in [-0.2, -0.15) is 0 Å². The molecule has 0 atom stereocenters. The van der Waals surface area contributed by atoms with Gasteiger partial charge >= 0.3 is 0 Å². The first-order valence-corrected chi connectivity index (χ1v) is 8.48. The summed E-state index contributed by atoms with van der Waals surface area (Å²) in [5, 5.41) is 3.79. The van der Waals surface area contributed by atoms with Crippen LogP contribution in [-0.2, 0) is 0 Å². The van der Waals surface area contributed by atoms with E-state index in [9.17, 15) is 9.59 Å². The zero-order valence-electron chi connectivity index (χ0n) is 12.9. The number of rotatable bonds is 2. The highest BCUT2D eigenvalue weighted by Gasteiger charge is 2.30. The lowest BCUT2D eigenvalue weighted by molar-refractivity contribution is 0.0363. The van der Waals surface area contributed by atoms with E-state index in [1.54, 1.807) is 24.3 Å². The third-order valence-corrected chi connectivity index (χ3v) is 4.60. The Bertz CT molecular complexity index is 724. The second kappa shape index (κ2) is 6.91. The van der Waals surface area contributed by atoms with Crippen LogP contribution in [0.5, 0.6) is 0 Å². The second-order valence-electron chi connectivity index (χ2n) is 5.86. The van der Waals surface area contributed by atoms with E-state index in [1.807, 2.05) is 26.2 Å². The van der Waals surface area contributed by atoms with Crippen molar-refractivity contribution >= 4 is 46.4 Å². The first kappa shape index (κ1) is 17.8. The summed E-state index contributed by atoms with van der Waals surface area (Å²) in [6.45, 7) is 5.52. The minimum Gasteiger partial charge on any atom is -0.267 e. The highest BCUT2D eigenvalue weighted by Crippen LogP contribution is 2.23. The Morgan fingerprint density at radius 2 is 1.83 bits per heavy atom. The van der Waals surface area contributed by atoms with Crippen molar-refractivity contribution in [1.29, 1.82) is 0 Å². The summed E-state index contributed by atoms with van der Waals surface area (Å²) in [6.07, 6.45) is 0. The highest BCUT2D eigenvalue weighted by atomic mass is 35.5. The van der Waals surface area contributed by atoms with Crippen molar-refractivity contribution in [2.24, 2.45) is 0 Å². The Labute approximate surface area is 149 Å². The molecule has 23 heavy (non-hydrogen) atoms. The van der Waals surface area contributed by atoms with Crippen molar-refractivity contribution in [2.75, 3.05) is 0 Å². The summed E-state index contributed by atoms with van der Waals surface area (Å²) in [5.74, 6) is -0.690. The summed E-state index contributed by atoms with van der Waals surface area (Å²) < 4.78 is 0. The Balaban J connectivity index is 2.26. The number of nitrogens with zero attached hydrogens (tertiary/aromatic N) is 1. The van der Waals surface area contributed by atoms with Crippen LogP contribution in [0, 0.1) is 0 Å². The Kier molecular flexibility index (Phi) is 5.34. The molecular formula is C16H16Cl2N2O2S. The van der Waals surface area contributed by atoms with Gasteiger partial charge in [0.15, 0.2) is 0 Å². The molecular weight excluding hydrogens is 355 g/mol. The van der Waals surface area contributed by atoms with Gasteiger partial charge in [0.25, 0.3) is 11.8 Å². The quantitative estimate of drug-likeness (QED) is 0.782. The number of carbonyl (C=O) groups excluding carboxylic acids is 2. The molecule has 0 fully saturated rings. The fourth-order valence-corrected chi connectivity index (χ4v) is 2.79. The molecule has 0 radical (unpaired) electrons. The first-order chi connectivity index (χ1) is 10.7. The number of benzene rings is 1. The summed E-state index contributed by atoms with van der Waals surface area (Å²) in [7, 11) is 0. The number of carbonyl (C=O) groups is 2. The molecule has 0 aliphatic heterocycles. The predicted octanol–water partition coefficient (Wildman–Crippen LogP) is 4.64. The number of thiophene rings is 1. The van der Waals surface area contributed by atoms with Gasteiger partial charge in [-0.3, -0.25) is 15.0 Å². The van der Waals surface area contributed by atoms with Crippen molar-refractivity contribution in [3.8, 4) is 0 Å². The van der Waals surface area contributed by atoms with Crippen LogP contribution in [0.15, 0.2) is 35.7 Å². The Hall–Kier alpha value is -1.56. The van der Waals surface area contributed by atoms with Crippen LogP contribution in [-0.4, -0.2) is 22.4 Å². The van der Waals surface area contributed by atoms with E-state index in [4.69, 9.17) is 23.2 Å². The van der Waals surface area contributed by atoms with Crippen molar-refractivity contribution in [2.45, 2.75) is 26.3 Å². The smallest absolute Gasteiger partial charge is 0.267 e. The summed E-state index contributed by atoms with van der Waals surface area (Å²) in [4.78, 5) is 25.6. The normalized spacial score (nSPS) is 11.2. The monoisotopic (exact) mass is 370 g/mol. The maximum atomic E-state index is 12.6. The number of hydrogen-bond donors (Lipinski definition) is 1. The van der Waals surface area contributed by atoms with Crippen LogP contribution in [0.25, 0.3) is 0 Å². The average molecular weight is 371 g/mol. The maximum Gasteiger partial charge on any atom is 0.282 e. The van der Waals surface area contributed by atoms with Crippen molar-refractivity contribution in [3.63, 3.8) is 0 Å². The van der Waals surface area contributed by atoms with Crippen LogP contribution < -0.4 is 5.43 Å². The number of nitrogens with one attached hydrogen (secondary N) is 1. The largest absolute Gasteiger partial charge is 0.282 e. The zero-order chi connectivity index (χ0) is 17.2. The fraction of sp³-hybridized carbons (Fsp3) is 0.250. The van der Waals surface area contributed by atoms with Gasteiger partial charge in [-0.25, -0.2) is 5.01 Å². The van der Waals surface area contributed by atoms with Crippen LogP contribution in [0.2, 0.25) is 10.0 Å². The van der Waals surface area contributed by atoms with Crippen LogP contribution in [0.3, 0.4) is 0 Å². The van der Waals surface area contributed by atoms with E-state index in [-0.39, 0.29) is 10.9 Å². The maximum absolute atomic E-state index is 12.6. The van der Waals surface area contributed by atoms with E-state index < -0.39 is 11.4 Å². The molecule has 0 bridgehead atoms.